The van der Waals surface area contributed by atoms with Crippen molar-refractivity contribution in [3.05, 3.63) is 33.4 Å². The molecule has 12 heavy (non-hydrogen) atoms. The summed E-state index contributed by atoms with van der Waals surface area (Å²) in [5, 5.41) is 0. The minimum absolute atomic E-state index is 0. The van der Waals surface area contributed by atoms with E-state index in [0.717, 1.165) is 5.56 Å². The molecule has 1 aromatic carbocycles. The van der Waals surface area contributed by atoms with E-state index in [1.807, 2.05) is 24.3 Å². The Morgan fingerprint density at radius 2 is 1.75 bits per heavy atom. The SMILES string of the molecule is Cl.NC[C@@H](N)c1ccc(I)cc1. The topological polar surface area (TPSA) is 52.0 Å². The summed E-state index contributed by atoms with van der Waals surface area (Å²) in [7, 11) is 0. The van der Waals surface area contributed by atoms with Gasteiger partial charge in [0.25, 0.3) is 0 Å². The van der Waals surface area contributed by atoms with E-state index in [1.54, 1.807) is 0 Å². The van der Waals surface area contributed by atoms with E-state index in [1.165, 1.54) is 3.57 Å². The highest BCUT2D eigenvalue weighted by atomic mass is 127. The second-order valence-electron chi connectivity index (χ2n) is 2.39. The molecule has 1 atom stereocenters. The molecule has 68 valence electrons. The molecule has 4 heteroatoms. The molecule has 2 nitrogen and oxygen atoms in total. The second-order valence-corrected chi connectivity index (χ2v) is 3.64. The lowest BCUT2D eigenvalue weighted by Crippen LogP contribution is -2.20. The quantitative estimate of drug-likeness (QED) is 0.816. The van der Waals surface area contributed by atoms with Gasteiger partial charge in [-0.15, -0.1) is 12.4 Å². The Labute approximate surface area is 92.3 Å². The van der Waals surface area contributed by atoms with Crippen molar-refractivity contribution >= 4 is 35.0 Å². The van der Waals surface area contributed by atoms with Gasteiger partial charge in [-0.2, -0.15) is 0 Å². The number of hydrogen-bond acceptors (Lipinski definition) is 2. The molecule has 4 N–H and O–H groups in total. The van der Waals surface area contributed by atoms with Gasteiger partial charge in [0.15, 0.2) is 0 Å². The smallest absolute Gasteiger partial charge is 0.0419 e. The minimum Gasteiger partial charge on any atom is -0.329 e. The molecule has 0 saturated carbocycles. The molecule has 0 radical (unpaired) electrons. The van der Waals surface area contributed by atoms with Crippen LogP contribution in [0, 0.1) is 3.57 Å². The van der Waals surface area contributed by atoms with E-state index in [0.29, 0.717) is 6.54 Å². The van der Waals surface area contributed by atoms with E-state index in [4.69, 9.17) is 11.5 Å². The first-order valence-corrected chi connectivity index (χ1v) is 4.53. The Morgan fingerprint density at radius 1 is 1.25 bits per heavy atom. The molecule has 0 amide bonds. The zero-order chi connectivity index (χ0) is 8.27. The van der Waals surface area contributed by atoms with E-state index >= 15 is 0 Å². The Morgan fingerprint density at radius 3 is 2.17 bits per heavy atom. The fourth-order valence-corrected chi connectivity index (χ4v) is 1.21. The molecular formula is C8H12ClIN2. The predicted molar refractivity (Wildman–Crippen MR) is 62.4 cm³/mol. The van der Waals surface area contributed by atoms with Gasteiger partial charge in [-0.25, -0.2) is 0 Å². The van der Waals surface area contributed by atoms with Crippen LogP contribution < -0.4 is 11.5 Å². The van der Waals surface area contributed by atoms with Gasteiger partial charge in [0, 0.05) is 16.2 Å². The van der Waals surface area contributed by atoms with Gasteiger partial charge in [0.2, 0.25) is 0 Å². The lowest BCUT2D eigenvalue weighted by molar-refractivity contribution is 0.737. The Hall–Kier alpha value is 0.160. The van der Waals surface area contributed by atoms with Crippen LogP contribution in [-0.4, -0.2) is 6.54 Å². The summed E-state index contributed by atoms with van der Waals surface area (Å²) in [5.74, 6) is 0. The summed E-state index contributed by atoms with van der Waals surface area (Å²) < 4.78 is 1.22. The third kappa shape index (κ3) is 3.26. The molecule has 0 heterocycles. The van der Waals surface area contributed by atoms with Crippen molar-refractivity contribution in [2.75, 3.05) is 6.54 Å². The van der Waals surface area contributed by atoms with Gasteiger partial charge < -0.3 is 11.5 Å². The Kier molecular flexibility index (Phi) is 5.82. The number of halogens is 2. The maximum atomic E-state index is 5.72. The number of rotatable bonds is 2. The van der Waals surface area contributed by atoms with Gasteiger partial charge in [0.05, 0.1) is 0 Å². The normalized spacial score (nSPS) is 11.9. The summed E-state index contributed by atoms with van der Waals surface area (Å²) in [4.78, 5) is 0. The van der Waals surface area contributed by atoms with E-state index in [9.17, 15) is 0 Å². The predicted octanol–water partition coefficient (Wildman–Crippen LogP) is 1.67. The minimum atomic E-state index is -0.0213. The molecule has 0 spiro atoms. The summed E-state index contributed by atoms with van der Waals surface area (Å²) in [6, 6.07) is 8.07. The molecule has 0 aliphatic rings. The van der Waals surface area contributed by atoms with Crippen LogP contribution in [0.5, 0.6) is 0 Å². The molecule has 0 aliphatic heterocycles. The first-order chi connectivity index (χ1) is 5.24. The number of hydrogen-bond donors (Lipinski definition) is 2. The average molecular weight is 299 g/mol. The molecule has 0 fully saturated rings. The fourth-order valence-electron chi connectivity index (χ4n) is 0.846. The van der Waals surface area contributed by atoms with Crippen molar-refractivity contribution in [3.8, 4) is 0 Å². The van der Waals surface area contributed by atoms with Gasteiger partial charge >= 0.3 is 0 Å². The molecule has 0 aromatic heterocycles. The zero-order valence-electron chi connectivity index (χ0n) is 6.53. The Bertz CT molecular complexity index is 225. The van der Waals surface area contributed by atoms with Gasteiger partial charge in [-0.1, -0.05) is 12.1 Å². The highest BCUT2D eigenvalue weighted by Crippen LogP contribution is 2.11. The second kappa shape index (κ2) is 5.75. The van der Waals surface area contributed by atoms with Crippen molar-refractivity contribution in [1.29, 1.82) is 0 Å². The molecule has 1 aromatic rings. The first kappa shape index (κ1) is 12.2. The summed E-state index contributed by atoms with van der Waals surface area (Å²) in [5.41, 5.74) is 12.2. The van der Waals surface area contributed by atoms with Crippen LogP contribution >= 0.6 is 35.0 Å². The largest absolute Gasteiger partial charge is 0.329 e. The molecular weight excluding hydrogens is 286 g/mol. The molecule has 0 unspecified atom stereocenters. The highest BCUT2D eigenvalue weighted by molar-refractivity contribution is 14.1. The summed E-state index contributed by atoms with van der Waals surface area (Å²) in [6.45, 7) is 0.501. The zero-order valence-corrected chi connectivity index (χ0v) is 9.51. The van der Waals surface area contributed by atoms with Gasteiger partial charge in [-0.05, 0) is 40.3 Å². The van der Waals surface area contributed by atoms with Crippen LogP contribution in [0.3, 0.4) is 0 Å². The Balaban J connectivity index is 0.00000121. The lowest BCUT2D eigenvalue weighted by Gasteiger charge is -2.07. The van der Waals surface area contributed by atoms with Crippen molar-refractivity contribution in [3.63, 3.8) is 0 Å². The van der Waals surface area contributed by atoms with E-state index in [2.05, 4.69) is 22.6 Å². The maximum Gasteiger partial charge on any atom is 0.0419 e. The van der Waals surface area contributed by atoms with Crippen LogP contribution in [0.15, 0.2) is 24.3 Å². The third-order valence-corrected chi connectivity index (χ3v) is 2.27. The van der Waals surface area contributed by atoms with Crippen molar-refractivity contribution in [2.45, 2.75) is 6.04 Å². The monoisotopic (exact) mass is 298 g/mol. The van der Waals surface area contributed by atoms with Gasteiger partial charge in [-0.3, -0.25) is 0 Å². The first-order valence-electron chi connectivity index (χ1n) is 3.45. The summed E-state index contributed by atoms with van der Waals surface area (Å²) >= 11 is 2.26. The van der Waals surface area contributed by atoms with Crippen molar-refractivity contribution in [1.82, 2.24) is 0 Å². The number of nitrogens with two attached hydrogens (primary N) is 2. The highest BCUT2D eigenvalue weighted by Gasteiger charge is 2.01. The van der Waals surface area contributed by atoms with E-state index in [-0.39, 0.29) is 18.4 Å². The average Bonchev–Trinajstić information content (AvgIpc) is 2.05. The van der Waals surface area contributed by atoms with Crippen molar-refractivity contribution < 1.29 is 0 Å². The van der Waals surface area contributed by atoms with Crippen LogP contribution in [-0.2, 0) is 0 Å². The molecule has 0 aliphatic carbocycles. The van der Waals surface area contributed by atoms with Crippen LogP contribution in [0.1, 0.15) is 11.6 Å². The standard InChI is InChI=1S/C8H11IN2.ClH/c9-7-3-1-6(2-4-7)8(11)5-10;/h1-4,8H,5,10-11H2;1H/t8-;/m1./s1. The lowest BCUT2D eigenvalue weighted by atomic mass is 10.1. The number of benzene rings is 1. The maximum absolute atomic E-state index is 5.72. The molecule has 1 rings (SSSR count). The summed E-state index contributed by atoms with van der Waals surface area (Å²) in [6.07, 6.45) is 0. The van der Waals surface area contributed by atoms with Gasteiger partial charge in [0.1, 0.15) is 0 Å². The van der Waals surface area contributed by atoms with Crippen molar-refractivity contribution in [2.24, 2.45) is 11.5 Å². The van der Waals surface area contributed by atoms with Crippen LogP contribution in [0.4, 0.5) is 0 Å². The molecule has 0 bridgehead atoms. The van der Waals surface area contributed by atoms with Crippen LogP contribution in [0.25, 0.3) is 0 Å². The fraction of sp³-hybridized carbons (Fsp3) is 0.250. The van der Waals surface area contributed by atoms with Crippen LogP contribution in [0.2, 0.25) is 0 Å². The molecule has 0 saturated heterocycles. The third-order valence-electron chi connectivity index (χ3n) is 1.55. The van der Waals surface area contributed by atoms with E-state index < -0.39 is 0 Å².